The fourth-order valence-corrected chi connectivity index (χ4v) is 1.37. The quantitative estimate of drug-likeness (QED) is 0.747. The molecule has 0 atom stereocenters. The molecule has 0 aliphatic carbocycles. The van der Waals surface area contributed by atoms with E-state index in [4.69, 9.17) is 0 Å². The lowest BCUT2D eigenvalue weighted by atomic mass is 9.84. The normalized spacial score (nSPS) is 10.8. The Morgan fingerprint density at radius 2 is 2.00 bits per heavy atom. The highest BCUT2D eigenvalue weighted by Crippen LogP contribution is 2.22. The van der Waals surface area contributed by atoms with Crippen molar-refractivity contribution in [3.05, 3.63) is 48.6 Å². The van der Waals surface area contributed by atoms with Gasteiger partial charge < -0.3 is 5.32 Å². The van der Waals surface area contributed by atoms with Crippen molar-refractivity contribution >= 4 is 5.91 Å². The van der Waals surface area contributed by atoms with Crippen LogP contribution in [0.1, 0.15) is 19.4 Å². The average molecular weight is 203 g/mol. The second kappa shape index (κ2) is 4.78. The van der Waals surface area contributed by atoms with Gasteiger partial charge in [0, 0.05) is 6.54 Å². The Morgan fingerprint density at radius 3 is 2.53 bits per heavy atom. The van der Waals surface area contributed by atoms with E-state index in [1.54, 1.807) is 6.08 Å². The standard InChI is InChI=1S/C13H17NO/c1-4-10-14-12(15)13(2,3)11-8-6-5-7-9-11/h4-9H,1,10H2,2-3H3,(H,14,15). The zero-order valence-electron chi connectivity index (χ0n) is 9.29. The Kier molecular flexibility index (Phi) is 3.67. The van der Waals surface area contributed by atoms with Gasteiger partial charge in [0.05, 0.1) is 5.41 Å². The monoisotopic (exact) mass is 203 g/mol. The minimum Gasteiger partial charge on any atom is -0.352 e. The van der Waals surface area contributed by atoms with Crippen LogP contribution in [0.5, 0.6) is 0 Å². The van der Waals surface area contributed by atoms with E-state index >= 15 is 0 Å². The van der Waals surface area contributed by atoms with E-state index in [2.05, 4.69) is 11.9 Å². The lowest BCUT2D eigenvalue weighted by Crippen LogP contribution is -2.40. The third kappa shape index (κ3) is 2.69. The van der Waals surface area contributed by atoms with Crippen LogP contribution in [-0.4, -0.2) is 12.5 Å². The van der Waals surface area contributed by atoms with Gasteiger partial charge in [-0.15, -0.1) is 6.58 Å². The van der Waals surface area contributed by atoms with Gasteiger partial charge in [0.1, 0.15) is 0 Å². The maximum absolute atomic E-state index is 11.9. The highest BCUT2D eigenvalue weighted by atomic mass is 16.2. The van der Waals surface area contributed by atoms with Gasteiger partial charge in [0.25, 0.3) is 0 Å². The third-order valence-corrected chi connectivity index (χ3v) is 2.47. The predicted octanol–water partition coefficient (Wildman–Crippen LogP) is 2.27. The smallest absolute Gasteiger partial charge is 0.230 e. The molecule has 0 unspecified atom stereocenters. The molecule has 1 amide bonds. The van der Waals surface area contributed by atoms with Crippen LogP contribution in [0.4, 0.5) is 0 Å². The molecule has 2 heteroatoms. The van der Waals surface area contributed by atoms with Crippen molar-refractivity contribution in [3.8, 4) is 0 Å². The van der Waals surface area contributed by atoms with Gasteiger partial charge in [0.2, 0.25) is 5.91 Å². The van der Waals surface area contributed by atoms with Gasteiger partial charge >= 0.3 is 0 Å². The maximum atomic E-state index is 11.9. The van der Waals surface area contributed by atoms with Crippen LogP contribution in [0.25, 0.3) is 0 Å². The second-order valence-corrected chi connectivity index (χ2v) is 3.99. The number of amides is 1. The van der Waals surface area contributed by atoms with Crippen LogP contribution < -0.4 is 5.32 Å². The first-order valence-corrected chi connectivity index (χ1v) is 5.03. The molecule has 1 N–H and O–H groups in total. The molecule has 0 bridgehead atoms. The van der Waals surface area contributed by atoms with E-state index in [-0.39, 0.29) is 5.91 Å². The number of carbonyl (C=O) groups is 1. The Hall–Kier alpha value is -1.57. The molecule has 1 aromatic carbocycles. The SMILES string of the molecule is C=CCNC(=O)C(C)(C)c1ccccc1. The van der Waals surface area contributed by atoms with Gasteiger partial charge in [-0.25, -0.2) is 0 Å². The number of carbonyl (C=O) groups excluding carboxylic acids is 1. The van der Waals surface area contributed by atoms with Crippen LogP contribution in [0.15, 0.2) is 43.0 Å². The second-order valence-electron chi connectivity index (χ2n) is 3.99. The first kappa shape index (κ1) is 11.5. The van der Waals surface area contributed by atoms with Crippen LogP contribution in [0.2, 0.25) is 0 Å². The van der Waals surface area contributed by atoms with Crippen molar-refractivity contribution in [2.45, 2.75) is 19.3 Å². The number of hydrogen-bond acceptors (Lipinski definition) is 1. The molecule has 0 saturated heterocycles. The van der Waals surface area contributed by atoms with E-state index in [1.807, 2.05) is 44.2 Å². The number of nitrogens with one attached hydrogen (secondary N) is 1. The molecule has 1 aromatic rings. The Morgan fingerprint density at radius 1 is 1.40 bits per heavy atom. The van der Waals surface area contributed by atoms with Crippen molar-refractivity contribution in [2.24, 2.45) is 0 Å². The summed E-state index contributed by atoms with van der Waals surface area (Å²) in [4.78, 5) is 11.9. The Bertz CT molecular complexity index is 341. The molecule has 0 fully saturated rings. The summed E-state index contributed by atoms with van der Waals surface area (Å²) in [6.45, 7) is 7.92. The molecule has 0 aromatic heterocycles. The van der Waals surface area contributed by atoms with E-state index in [1.165, 1.54) is 0 Å². The molecule has 0 radical (unpaired) electrons. The van der Waals surface area contributed by atoms with Crippen molar-refractivity contribution in [2.75, 3.05) is 6.54 Å². The molecular formula is C13H17NO. The summed E-state index contributed by atoms with van der Waals surface area (Å²) in [5, 5.41) is 2.81. The fraction of sp³-hybridized carbons (Fsp3) is 0.308. The fourth-order valence-electron chi connectivity index (χ4n) is 1.37. The van der Waals surface area contributed by atoms with Crippen LogP contribution in [-0.2, 0) is 10.2 Å². The van der Waals surface area contributed by atoms with Gasteiger partial charge in [0.15, 0.2) is 0 Å². The molecule has 0 aliphatic rings. The highest BCUT2D eigenvalue weighted by Gasteiger charge is 2.28. The van der Waals surface area contributed by atoms with E-state index < -0.39 is 5.41 Å². The molecule has 1 rings (SSSR count). The molecule has 15 heavy (non-hydrogen) atoms. The predicted molar refractivity (Wildman–Crippen MR) is 62.7 cm³/mol. The zero-order chi connectivity index (χ0) is 11.3. The summed E-state index contributed by atoms with van der Waals surface area (Å²) in [6, 6.07) is 9.76. The lowest BCUT2D eigenvalue weighted by molar-refractivity contribution is -0.125. The van der Waals surface area contributed by atoms with Crippen molar-refractivity contribution in [1.82, 2.24) is 5.32 Å². The van der Waals surface area contributed by atoms with Crippen LogP contribution >= 0.6 is 0 Å². The van der Waals surface area contributed by atoms with Gasteiger partial charge in [-0.3, -0.25) is 4.79 Å². The zero-order valence-corrected chi connectivity index (χ0v) is 9.29. The first-order chi connectivity index (χ1) is 7.09. The summed E-state index contributed by atoms with van der Waals surface area (Å²) in [5.41, 5.74) is 0.524. The molecule has 0 heterocycles. The minimum atomic E-state index is -0.496. The Balaban J connectivity index is 2.82. The topological polar surface area (TPSA) is 29.1 Å². The summed E-state index contributed by atoms with van der Waals surface area (Å²) < 4.78 is 0. The highest BCUT2D eigenvalue weighted by molar-refractivity contribution is 5.87. The molecule has 0 saturated carbocycles. The van der Waals surface area contributed by atoms with Gasteiger partial charge in [-0.1, -0.05) is 36.4 Å². The van der Waals surface area contributed by atoms with Gasteiger partial charge in [-0.05, 0) is 19.4 Å². The largest absolute Gasteiger partial charge is 0.352 e. The van der Waals surface area contributed by atoms with Crippen molar-refractivity contribution < 1.29 is 4.79 Å². The van der Waals surface area contributed by atoms with E-state index in [0.29, 0.717) is 6.54 Å². The van der Waals surface area contributed by atoms with Crippen LogP contribution in [0, 0.1) is 0 Å². The van der Waals surface area contributed by atoms with Crippen LogP contribution in [0.3, 0.4) is 0 Å². The number of hydrogen-bond donors (Lipinski definition) is 1. The lowest BCUT2D eigenvalue weighted by Gasteiger charge is -2.23. The van der Waals surface area contributed by atoms with Gasteiger partial charge in [-0.2, -0.15) is 0 Å². The minimum absolute atomic E-state index is 0.0219. The summed E-state index contributed by atoms with van der Waals surface area (Å²) >= 11 is 0. The number of benzene rings is 1. The maximum Gasteiger partial charge on any atom is 0.230 e. The van der Waals surface area contributed by atoms with Crippen molar-refractivity contribution in [3.63, 3.8) is 0 Å². The van der Waals surface area contributed by atoms with E-state index in [0.717, 1.165) is 5.56 Å². The van der Waals surface area contributed by atoms with Crippen molar-refractivity contribution in [1.29, 1.82) is 0 Å². The number of rotatable bonds is 4. The molecule has 2 nitrogen and oxygen atoms in total. The molecule has 80 valence electrons. The molecule has 0 aliphatic heterocycles. The molecule has 0 spiro atoms. The molecular weight excluding hydrogens is 186 g/mol. The summed E-state index contributed by atoms with van der Waals surface area (Å²) in [7, 11) is 0. The van der Waals surface area contributed by atoms with E-state index in [9.17, 15) is 4.79 Å². The summed E-state index contributed by atoms with van der Waals surface area (Å²) in [6.07, 6.45) is 1.68. The Labute approximate surface area is 91.0 Å². The first-order valence-electron chi connectivity index (χ1n) is 5.03. The third-order valence-electron chi connectivity index (χ3n) is 2.47. The average Bonchev–Trinajstić information content (AvgIpc) is 2.27. The summed E-state index contributed by atoms with van der Waals surface area (Å²) in [5.74, 6) is 0.0219.